The van der Waals surface area contributed by atoms with Crippen LogP contribution in [0.15, 0.2) is 96.7 Å². The molecule has 0 bridgehead atoms. The van der Waals surface area contributed by atoms with Crippen LogP contribution in [0, 0.1) is 12.3 Å². The number of amides is 7. The number of benzene rings is 3. The van der Waals surface area contributed by atoms with Gasteiger partial charge in [0.15, 0.2) is 0 Å². The van der Waals surface area contributed by atoms with E-state index in [1.165, 1.54) is 20.9 Å². The van der Waals surface area contributed by atoms with Crippen molar-refractivity contribution in [3.05, 3.63) is 141 Å². The van der Waals surface area contributed by atoms with Gasteiger partial charge in [-0.15, -0.1) is 11.3 Å². The number of aryl methyl sites for hydroxylation is 1. The summed E-state index contributed by atoms with van der Waals surface area (Å²) in [4.78, 5) is 93.6. The first-order valence-electron chi connectivity index (χ1n) is 26.9. The highest BCUT2D eigenvalue weighted by molar-refractivity contribution is 7.13. The first-order chi connectivity index (χ1) is 36.3. The Morgan fingerprint density at radius 2 is 1.33 bits per heavy atom. The fraction of sp³-hybridized carbons (Fsp3) is 0.468. The van der Waals surface area contributed by atoms with E-state index in [9.17, 15) is 38.7 Å². The minimum Gasteiger partial charge on any atom is -0.391 e. The Morgan fingerprint density at radius 1 is 0.756 bits per heavy atom. The van der Waals surface area contributed by atoms with Gasteiger partial charge in [-0.2, -0.15) is 0 Å². The summed E-state index contributed by atoms with van der Waals surface area (Å²) >= 11 is 1.72. The highest BCUT2D eigenvalue weighted by Crippen LogP contribution is 2.37. The largest absolute Gasteiger partial charge is 0.391 e. The van der Waals surface area contributed by atoms with Crippen molar-refractivity contribution in [3.63, 3.8) is 0 Å². The van der Waals surface area contributed by atoms with Crippen molar-refractivity contribution in [3.8, 4) is 10.4 Å². The number of imide groups is 1. The summed E-state index contributed by atoms with van der Waals surface area (Å²) in [6.45, 7) is 30.9. The summed E-state index contributed by atoms with van der Waals surface area (Å²) in [5.74, 6) is -0.493. The molecule has 0 spiro atoms. The number of aliphatic hydroxyl groups excluding tert-OH is 1. The van der Waals surface area contributed by atoms with Gasteiger partial charge >= 0.3 is 0 Å². The molecule has 3 fully saturated rings. The monoisotopic (exact) mass is 1080 g/mol. The van der Waals surface area contributed by atoms with E-state index >= 15 is 0 Å². The Labute approximate surface area is 465 Å². The zero-order chi connectivity index (χ0) is 56.4. The molecular weight excluding hydrogens is 1000 g/mol. The lowest BCUT2D eigenvalue weighted by Gasteiger charge is -2.36. The first-order valence-corrected chi connectivity index (χ1v) is 27.8. The maximum absolute atomic E-state index is 13.5. The van der Waals surface area contributed by atoms with Crippen LogP contribution in [0.5, 0.6) is 0 Å². The minimum atomic E-state index is -0.706. The highest BCUT2D eigenvalue weighted by atomic mass is 32.1. The molecule has 78 heavy (non-hydrogen) atoms. The second-order valence-corrected chi connectivity index (χ2v) is 23.8. The van der Waals surface area contributed by atoms with Gasteiger partial charge in [-0.05, 0) is 101 Å². The quantitative estimate of drug-likeness (QED) is 0.0909. The number of thiophene rings is 1. The van der Waals surface area contributed by atoms with Gasteiger partial charge in [0.25, 0.3) is 17.7 Å². The van der Waals surface area contributed by atoms with Crippen molar-refractivity contribution >= 4 is 52.7 Å². The predicted octanol–water partition coefficient (Wildman–Crippen LogP) is 9.67. The maximum atomic E-state index is 13.5. The van der Waals surface area contributed by atoms with Crippen molar-refractivity contribution in [2.45, 2.75) is 176 Å². The standard InChI is InChI=1S/C27H39N3O3S.C17H18N2O3.C17H20N2O2.CH4/c1-16(2)28-24(27(5,6)7)26(33)30-15-21(31)14-22(30)25(32)29-18(4)19-8-10-20(11-9-19)23-17(3)12-13-34-23;1-9(2)11-5-4-6-12-15(11)17(22)19(16(12)21)13-7-8-14(20)18-10(13)3;1-10(2)12-5-4-6-13-14(12)9-19(17(13)21)15-7-8-16(20)18-11(15)3;/h8-13,16,18,21-22,24,28,31H,14-15H2,1-7H3,(H,29,32);4-6,9,13H,3,7-8H2,1-2H3,(H,18,20);4-6,10,15H,3,7-9H2,1-2H3,(H,18,20);1H4/t18-,21+,22?,24-;;;/m0.../s1. The summed E-state index contributed by atoms with van der Waals surface area (Å²) in [7, 11) is 0. The lowest BCUT2D eigenvalue weighted by molar-refractivity contribution is -0.142. The zero-order valence-electron chi connectivity index (χ0n) is 46.5. The average Bonchev–Trinajstić information content (AvgIpc) is 4.22. The zero-order valence-corrected chi connectivity index (χ0v) is 47.4. The second-order valence-electron chi connectivity index (χ2n) is 22.9. The Kier molecular flexibility index (Phi) is 19.3. The van der Waals surface area contributed by atoms with E-state index in [0.29, 0.717) is 54.2 Å². The molecule has 1 aromatic heterocycles. The molecule has 5 aliphatic rings. The van der Waals surface area contributed by atoms with E-state index in [1.807, 2.05) is 90.6 Å². The van der Waals surface area contributed by atoms with Crippen LogP contribution in [-0.2, 0) is 25.7 Å². The van der Waals surface area contributed by atoms with Crippen molar-refractivity contribution < 1.29 is 38.7 Å². The number of rotatable bonds is 11. The number of carbonyl (C=O) groups is 7. The number of hydrogen-bond donors (Lipinski definition) is 5. The van der Waals surface area contributed by atoms with Gasteiger partial charge in [-0.25, -0.2) is 0 Å². The molecular formula is C62H81N7O8S. The van der Waals surface area contributed by atoms with Gasteiger partial charge in [0, 0.05) is 60.2 Å². The van der Waals surface area contributed by atoms with Crippen molar-refractivity contribution in [1.82, 2.24) is 36.0 Å². The molecule has 5 N–H and O–H groups in total. The van der Waals surface area contributed by atoms with E-state index < -0.39 is 24.2 Å². The van der Waals surface area contributed by atoms with Crippen LogP contribution in [0.1, 0.15) is 186 Å². The van der Waals surface area contributed by atoms with Gasteiger partial charge < -0.3 is 36.2 Å². The van der Waals surface area contributed by atoms with Crippen molar-refractivity contribution in [2.75, 3.05) is 6.54 Å². The van der Waals surface area contributed by atoms with E-state index in [1.54, 1.807) is 28.4 Å². The molecule has 16 heteroatoms. The second kappa shape index (κ2) is 24.9. The Hall–Kier alpha value is -6.75. The van der Waals surface area contributed by atoms with Gasteiger partial charge in [0.05, 0.1) is 41.4 Å². The van der Waals surface area contributed by atoms with Crippen LogP contribution in [0.4, 0.5) is 0 Å². The van der Waals surface area contributed by atoms with E-state index in [-0.39, 0.29) is 97.6 Å². The Balaban J connectivity index is 0.000000196. The smallest absolute Gasteiger partial charge is 0.262 e. The molecule has 6 atom stereocenters. The highest BCUT2D eigenvalue weighted by Gasteiger charge is 2.46. The third kappa shape index (κ3) is 13.0. The van der Waals surface area contributed by atoms with Crippen LogP contribution >= 0.6 is 11.3 Å². The minimum absolute atomic E-state index is 0. The topological polar surface area (TPSA) is 198 Å². The van der Waals surface area contributed by atoms with Crippen LogP contribution in [0.3, 0.4) is 0 Å². The molecule has 0 radical (unpaired) electrons. The van der Waals surface area contributed by atoms with Crippen LogP contribution < -0.4 is 21.3 Å². The molecule has 4 aromatic rings. The van der Waals surface area contributed by atoms with Crippen molar-refractivity contribution in [2.24, 2.45) is 5.41 Å². The fourth-order valence-corrected chi connectivity index (χ4v) is 11.8. The first kappa shape index (κ1) is 60.5. The number of nitrogens with zero attached hydrogens (tertiary/aromatic N) is 3. The molecule has 15 nitrogen and oxygen atoms in total. The summed E-state index contributed by atoms with van der Waals surface area (Å²) in [5.41, 5.74) is 9.11. The van der Waals surface area contributed by atoms with E-state index in [2.05, 4.69) is 84.8 Å². The molecule has 418 valence electrons. The lowest BCUT2D eigenvalue weighted by Crippen LogP contribution is -2.57. The molecule has 3 saturated heterocycles. The van der Waals surface area contributed by atoms with E-state index in [0.717, 1.165) is 27.8 Å². The normalized spacial score (nSPS) is 20.8. The fourth-order valence-electron chi connectivity index (χ4n) is 10.9. The van der Waals surface area contributed by atoms with Gasteiger partial charge in [0.2, 0.25) is 23.6 Å². The summed E-state index contributed by atoms with van der Waals surface area (Å²) < 4.78 is 0. The number of hydrogen-bond acceptors (Lipinski definition) is 10. The van der Waals surface area contributed by atoms with Crippen LogP contribution in [-0.4, -0.2) is 104 Å². The number of fused-ring (bicyclic) bond motifs is 2. The molecule has 6 heterocycles. The van der Waals surface area contributed by atoms with Gasteiger partial charge in [-0.1, -0.05) is 131 Å². The summed E-state index contributed by atoms with van der Waals surface area (Å²) in [6.07, 6.45) is 1.35. The number of β-amino-alcohol motifs (C(OH)–C–C–N with tert-alkyl or cyclic N) is 1. The third-order valence-corrected chi connectivity index (χ3v) is 16.1. The third-order valence-electron chi connectivity index (χ3n) is 15.0. The predicted molar refractivity (Wildman–Crippen MR) is 307 cm³/mol. The summed E-state index contributed by atoms with van der Waals surface area (Å²) in [6, 6.07) is 19.9. The van der Waals surface area contributed by atoms with Gasteiger partial charge in [0.1, 0.15) is 6.04 Å². The molecule has 0 saturated carbocycles. The summed E-state index contributed by atoms with van der Waals surface area (Å²) in [5, 5.41) is 24.2. The molecule has 0 aliphatic carbocycles. The van der Waals surface area contributed by atoms with E-state index in [4.69, 9.17) is 0 Å². The van der Waals surface area contributed by atoms with Crippen LogP contribution in [0.25, 0.3) is 10.4 Å². The number of likely N-dealkylation sites (tertiary alicyclic amines) is 1. The SMILES string of the molecule is C.C=C1NC(=O)CCC1N1C(=O)c2cccc(C(C)C)c2C1=O.C=C1NC(=O)CCC1N1Cc2c(cccc2C(C)C)C1=O.Cc1ccsc1-c1ccc([C@H](C)NC(=O)C2C[C@@H](O)CN2C(=O)[C@H](NC(C)C)C(C)(C)C)cc1. The number of carbonyl (C=O) groups excluding carboxylic acids is 7. The molecule has 9 rings (SSSR count). The lowest BCUT2D eigenvalue weighted by atomic mass is 9.85. The molecule has 3 unspecified atom stereocenters. The Morgan fingerprint density at radius 3 is 1.87 bits per heavy atom. The number of nitrogens with one attached hydrogen (secondary N) is 4. The molecule has 3 aromatic carbocycles. The molecule has 7 amide bonds. The van der Waals surface area contributed by atoms with Crippen molar-refractivity contribution in [1.29, 1.82) is 0 Å². The maximum Gasteiger partial charge on any atom is 0.262 e. The average molecular weight is 1080 g/mol. The Bertz CT molecular complexity index is 2950. The number of piperidine rings is 2. The van der Waals surface area contributed by atoms with Gasteiger partial charge in [-0.3, -0.25) is 38.5 Å². The molecule has 5 aliphatic heterocycles. The number of aliphatic hydroxyl groups is 1. The van der Waals surface area contributed by atoms with Crippen LogP contribution in [0.2, 0.25) is 0 Å².